The molecule has 1 aliphatic heterocycles. The minimum Gasteiger partial charge on any atom is -0.463 e. The van der Waals surface area contributed by atoms with Gasteiger partial charge in [0.05, 0.1) is 41.3 Å². The number of benzene rings is 2. The Hall–Kier alpha value is -3.77. The van der Waals surface area contributed by atoms with Crippen LogP contribution in [0.2, 0.25) is 0 Å². The van der Waals surface area contributed by atoms with Gasteiger partial charge in [-0.05, 0) is 24.6 Å². The van der Waals surface area contributed by atoms with Crippen molar-refractivity contribution in [3.8, 4) is 6.07 Å². The predicted octanol–water partition coefficient (Wildman–Crippen LogP) is 3.33. The first-order valence-corrected chi connectivity index (χ1v) is 10.8. The van der Waals surface area contributed by atoms with E-state index in [1.165, 1.54) is 11.8 Å². The summed E-state index contributed by atoms with van der Waals surface area (Å²) in [5.41, 5.74) is 1.30. The van der Waals surface area contributed by atoms with Crippen molar-refractivity contribution in [2.24, 2.45) is 0 Å². The topological polar surface area (TPSA) is 118 Å². The number of amides is 2. The van der Waals surface area contributed by atoms with Gasteiger partial charge in [0.15, 0.2) is 0 Å². The van der Waals surface area contributed by atoms with Gasteiger partial charge in [0.2, 0.25) is 0 Å². The lowest BCUT2D eigenvalue weighted by Crippen LogP contribution is -2.47. The van der Waals surface area contributed by atoms with Crippen LogP contribution in [0.1, 0.15) is 28.9 Å². The number of rotatable bonds is 8. The number of ether oxygens (including phenoxy) is 2. The van der Waals surface area contributed by atoms with E-state index in [2.05, 4.69) is 10.6 Å². The van der Waals surface area contributed by atoms with Crippen molar-refractivity contribution >= 4 is 29.7 Å². The second-order valence-corrected chi connectivity index (χ2v) is 7.59. The van der Waals surface area contributed by atoms with Crippen molar-refractivity contribution in [3.05, 3.63) is 77.0 Å². The summed E-state index contributed by atoms with van der Waals surface area (Å²) in [6, 6.07) is 16.5. The fourth-order valence-corrected chi connectivity index (χ4v) is 3.87. The summed E-state index contributed by atoms with van der Waals surface area (Å²) in [6.07, 6.45) is 0. The third-order valence-electron chi connectivity index (χ3n) is 4.53. The maximum atomic E-state index is 12.7. The summed E-state index contributed by atoms with van der Waals surface area (Å²) in [4.78, 5) is 38.4. The van der Waals surface area contributed by atoms with E-state index in [1.54, 1.807) is 55.5 Å². The average Bonchev–Trinajstić information content (AvgIpc) is 2.81. The van der Waals surface area contributed by atoms with Crippen LogP contribution in [0.15, 0.2) is 70.8 Å². The first kappa shape index (κ1) is 22.9. The molecule has 0 aliphatic carbocycles. The maximum Gasteiger partial charge on any atom is 0.339 e. The van der Waals surface area contributed by atoms with E-state index in [4.69, 9.17) is 14.7 Å². The van der Waals surface area contributed by atoms with E-state index < -0.39 is 24.0 Å². The van der Waals surface area contributed by atoms with Crippen molar-refractivity contribution in [1.82, 2.24) is 10.6 Å². The second kappa shape index (κ2) is 11.0. The average molecular weight is 452 g/mol. The van der Waals surface area contributed by atoms with Crippen molar-refractivity contribution in [2.75, 3.05) is 19.0 Å². The molecule has 2 aromatic carbocycles. The van der Waals surface area contributed by atoms with Gasteiger partial charge in [-0.3, -0.25) is 0 Å². The Morgan fingerprint density at radius 1 is 1.06 bits per heavy atom. The largest absolute Gasteiger partial charge is 0.463 e. The van der Waals surface area contributed by atoms with E-state index in [9.17, 15) is 14.4 Å². The molecule has 0 bridgehead atoms. The summed E-state index contributed by atoms with van der Waals surface area (Å²) < 4.78 is 10.6. The van der Waals surface area contributed by atoms with Gasteiger partial charge < -0.3 is 20.1 Å². The Balaban J connectivity index is 1.89. The Bertz CT molecular complexity index is 1080. The molecule has 0 unspecified atom stereocenters. The number of carbonyl (C=O) groups is 3. The molecule has 0 aromatic heterocycles. The molecule has 0 spiro atoms. The molecule has 0 saturated heterocycles. The minimum atomic E-state index is -0.754. The van der Waals surface area contributed by atoms with Gasteiger partial charge in [0.1, 0.15) is 6.61 Å². The molecule has 0 fully saturated rings. The van der Waals surface area contributed by atoms with Gasteiger partial charge in [-0.1, -0.05) is 42.5 Å². The molecule has 8 nitrogen and oxygen atoms in total. The Kier molecular flexibility index (Phi) is 7.89. The van der Waals surface area contributed by atoms with E-state index in [0.717, 1.165) is 0 Å². The van der Waals surface area contributed by atoms with Crippen LogP contribution in [-0.2, 0) is 14.3 Å². The maximum absolute atomic E-state index is 12.7. The monoisotopic (exact) mass is 451 g/mol. The van der Waals surface area contributed by atoms with Crippen LogP contribution >= 0.6 is 11.8 Å². The molecule has 0 radical (unpaired) electrons. The van der Waals surface area contributed by atoms with E-state index in [-0.39, 0.29) is 30.2 Å². The highest BCUT2D eigenvalue weighted by molar-refractivity contribution is 7.99. The van der Waals surface area contributed by atoms with Crippen LogP contribution in [0.25, 0.3) is 0 Å². The lowest BCUT2D eigenvalue weighted by atomic mass is 9.95. The second-order valence-electron chi connectivity index (χ2n) is 6.57. The molecule has 2 aromatic rings. The number of urea groups is 1. The lowest BCUT2D eigenvalue weighted by molar-refractivity contribution is -0.139. The SMILES string of the molecule is CCOC(=O)C1=C(COC(=O)c2ccccc2SCC#N)NC(=O)N[C@@H]1c1ccccc1. The number of hydrogen-bond donors (Lipinski definition) is 2. The zero-order chi connectivity index (χ0) is 22.9. The molecule has 0 saturated carbocycles. The lowest BCUT2D eigenvalue weighted by Gasteiger charge is -2.29. The number of carbonyl (C=O) groups excluding carboxylic acids is 3. The van der Waals surface area contributed by atoms with Crippen LogP contribution in [0, 0.1) is 11.3 Å². The number of nitrogens with zero attached hydrogens (tertiary/aromatic N) is 1. The van der Waals surface area contributed by atoms with Crippen molar-refractivity contribution < 1.29 is 23.9 Å². The molecule has 1 atom stereocenters. The molecule has 32 heavy (non-hydrogen) atoms. The highest BCUT2D eigenvalue weighted by atomic mass is 32.2. The molecule has 3 rings (SSSR count). The zero-order valence-electron chi connectivity index (χ0n) is 17.3. The van der Waals surface area contributed by atoms with E-state index in [1.807, 2.05) is 12.1 Å². The highest BCUT2D eigenvalue weighted by Crippen LogP contribution is 2.28. The molecule has 164 valence electrons. The number of nitrogens with one attached hydrogen (secondary N) is 2. The number of thioether (sulfide) groups is 1. The van der Waals surface area contributed by atoms with Crippen LogP contribution in [-0.4, -0.2) is 36.9 Å². The van der Waals surface area contributed by atoms with Gasteiger partial charge in [0.25, 0.3) is 0 Å². The fourth-order valence-electron chi connectivity index (χ4n) is 3.16. The van der Waals surface area contributed by atoms with Gasteiger partial charge in [-0.15, -0.1) is 11.8 Å². The predicted molar refractivity (Wildman–Crippen MR) is 118 cm³/mol. The summed E-state index contributed by atoms with van der Waals surface area (Å²) >= 11 is 1.22. The van der Waals surface area contributed by atoms with Gasteiger partial charge >= 0.3 is 18.0 Å². The molecule has 2 N–H and O–H groups in total. The van der Waals surface area contributed by atoms with E-state index in [0.29, 0.717) is 16.0 Å². The molecular formula is C23H21N3O5S. The molecular weight excluding hydrogens is 430 g/mol. The number of esters is 2. The van der Waals surface area contributed by atoms with E-state index >= 15 is 0 Å². The quantitative estimate of drug-likeness (QED) is 0.467. The molecule has 1 heterocycles. The first-order valence-electron chi connectivity index (χ1n) is 9.83. The van der Waals surface area contributed by atoms with Gasteiger partial charge in [0, 0.05) is 4.90 Å². The number of hydrogen-bond acceptors (Lipinski definition) is 7. The smallest absolute Gasteiger partial charge is 0.339 e. The summed E-state index contributed by atoms with van der Waals surface area (Å²) in [5, 5.41) is 14.1. The zero-order valence-corrected chi connectivity index (χ0v) is 18.1. The normalized spacial score (nSPS) is 15.2. The molecule has 9 heteroatoms. The van der Waals surface area contributed by atoms with Crippen molar-refractivity contribution in [1.29, 1.82) is 5.26 Å². The third-order valence-corrected chi connectivity index (χ3v) is 5.47. The van der Waals surface area contributed by atoms with Gasteiger partial charge in [-0.25, -0.2) is 14.4 Å². The van der Waals surface area contributed by atoms with Crippen LogP contribution in [0.4, 0.5) is 4.79 Å². The van der Waals surface area contributed by atoms with Crippen molar-refractivity contribution in [2.45, 2.75) is 17.9 Å². The molecule has 1 aliphatic rings. The van der Waals surface area contributed by atoms with Crippen LogP contribution in [0.5, 0.6) is 0 Å². The number of nitriles is 1. The highest BCUT2D eigenvalue weighted by Gasteiger charge is 2.34. The summed E-state index contributed by atoms with van der Waals surface area (Å²) in [5.74, 6) is -1.07. The minimum absolute atomic E-state index is 0.147. The summed E-state index contributed by atoms with van der Waals surface area (Å²) in [6.45, 7) is 1.50. The Morgan fingerprint density at radius 3 is 2.50 bits per heavy atom. The van der Waals surface area contributed by atoms with Crippen molar-refractivity contribution in [3.63, 3.8) is 0 Å². The standard InChI is InChI=1S/C23H21N3O5S/c1-2-30-22(28)19-17(25-23(29)26-20(19)15-8-4-3-5-9-15)14-31-21(27)16-10-6-7-11-18(16)32-13-12-24/h3-11,20H,2,13-14H2,1H3,(H2,25,26,29)/t20-/m1/s1. The van der Waals surface area contributed by atoms with Crippen LogP contribution in [0.3, 0.4) is 0 Å². The van der Waals surface area contributed by atoms with Gasteiger partial charge in [-0.2, -0.15) is 5.26 Å². The fraction of sp³-hybridized carbons (Fsp3) is 0.217. The summed E-state index contributed by atoms with van der Waals surface area (Å²) in [7, 11) is 0. The third kappa shape index (κ3) is 5.47. The molecule has 2 amide bonds. The Labute approximate surface area is 189 Å². The first-order chi connectivity index (χ1) is 15.5. The van der Waals surface area contributed by atoms with Crippen LogP contribution < -0.4 is 10.6 Å². The Morgan fingerprint density at radius 2 is 1.78 bits per heavy atom.